The van der Waals surface area contributed by atoms with E-state index in [4.69, 9.17) is 32.5 Å². The highest BCUT2D eigenvalue weighted by molar-refractivity contribution is 14.1. The van der Waals surface area contributed by atoms with Crippen LogP contribution in [0.3, 0.4) is 0 Å². The van der Waals surface area contributed by atoms with E-state index in [1.807, 2.05) is 12.1 Å². The summed E-state index contributed by atoms with van der Waals surface area (Å²) in [5, 5.41) is 36.8. The average Bonchev–Trinajstić information content (AvgIpc) is 3.20. The molecule has 56 heavy (non-hydrogen) atoms. The van der Waals surface area contributed by atoms with Gasteiger partial charge in [0.15, 0.2) is 0 Å². The van der Waals surface area contributed by atoms with Crippen LogP contribution in [0, 0.1) is 15.4 Å². The molecule has 3 atom stereocenters. The summed E-state index contributed by atoms with van der Waals surface area (Å²) in [4.78, 5) is 57.7. The van der Waals surface area contributed by atoms with Crippen LogP contribution in [-0.2, 0) is 23.9 Å². The van der Waals surface area contributed by atoms with Crippen LogP contribution in [-0.4, -0.2) is 111 Å². The molecule has 3 aromatic rings. The van der Waals surface area contributed by atoms with Crippen molar-refractivity contribution >= 4 is 72.0 Å². The van der Waals surface area contributed by atoms with E-state index in [2.05, 4.69) is 65.0 Å². The Morgan fingerprint density at radius 3 is 1.59 bits per heavy atom. The SMILES string of the molecule is COC(=O)[C@@H](N)CNB(C)O.COC(=O)[C@H](CNB(C)O)NC(=O)c1ccc(I)cc1.NC[C@H](NC(=O)c1ccc(C#Cc2ccc(N)cc2)cc1)C(=O)NO. The highest BCUT2D eigenvalue weighted by Crippen LogP contribution is 2.08. The zero-order chi connectivity index (χ0) is 42.2. The van der Waals surface area contributed by atoms with Crippen LogP contribution in [0.15, 0.2) is 72.8 Å². The number of hydrogen-bond acceptors (Lipinski definition) is 15. The normalized spacial score (nSPS) is 11.5. The number of esters is 2. The van der Waals surface area contributed by atoms with Crippen molar-refractivity contribution < 1.29 is 48.7 Å². The van der Waals surface area contributed by atoms with Crippen molar-refractivity contribution in [3.63, 3.8) is 0 Å². The Labute approximate surface area is 339 Å². The molecule has 0 radical (unpaired) electrons. The van der Waals surface area contributed by atoms with Crippen LogP contribution in [0.4, 0.5) is 5.69 Å². The lowest BCUT2D eigenvalue weighted by Crippen LogP contribution is -2.50. The van der Waals surface area contributed by atoms with Gasteiger partial charge < -0.3 is 57.8 Å². The van der Waals surface area contributed by atoms with E-state index in [9.17, 15) is 24.0 Å². The molecular formula is C35H47B2IN8O10. The second-order valence-electron chi connectivity index (χ2n) is 11.5. The highest BCUT2D eigenvalue weighted by atomic mass is 127. The minimum Gasteiger partial charge on any atom is -0.468 e. The Hall–Kier alpha value is -5.05. The first kappa shape index (κ1) is 49.0. The van der Waals surface area contributed by atoms with E-state index in [1.165, 1.54) is 26.5 Å². The summed E-state index contributed by atoms with van der Waals surface area (Å²) in [5.41, 5.74) is 20.8. The van der Waals surface area contributed by atoms with Gasteiger partial charge in [-0.3, -0.25) is 24.4 Å². The summed E-state index contributed by atoms with van der Waals surface area (Å²) in [6.07, 6.45) is 0. The zero-order valence-corrected chi connectivity index (χ0v) is 33.4. The Balaban J connectivity index is 0.000000453. The fraction of sp³-hybridized carbons (Fsp3) is 0.286. The smallest absolute Gasteiger partial charge is 0.373 e. The zero-order valence-electron chi connectivity index (χ0n) is 31.2. The van der Waals surface area contributed by atoms with Gasteiger partial charge in [0.2, 0.25) is 0 Å². The number of anilines is 1. The van der Waals surface area contributed by atoms with Gasteiger partial charge in [-0.15, -0.1) is 0 Å². The Morgan fingerprint density at radius 2 is 1.16 bits per heavy atom. The number of carbonyl (C=O) groups excluding carboxylic acids is 5. The van der Waals surface area contributed by atoms with Crippen molar-refractivity contribution in [3.8, 4) is 11.8 Å². The van der Waals surface area contributed by atoms with Gasteiger partial charge >= 0.3 is 26.0 Å². The molecule has 14 N–H and O–H groups in total. The molecule has 3 amide bonds. The molecule has 0 unspecified atom stereocenters. The van der Waals surface area contributed by atoms with Gasteiger partial charge in [-0.25, -0.2) is 10.3 Å². The monoisotopic (exact) mass is 888 g/mol. The van der Waals surface area contributed by atoms with Gasteiger partial charge in [0.1, 0.15) is 18.1 Å². The second kappa shape index (κ2) is 26.7. The average molecular weight is 888 g/mol. The third-order valence-electron chi connectivity index (χ3n) is 7.03. The maximum atomic E-state index is 12.1. The fourth-order valence-corrected chi connectivity index (χ4v) is 4.33. The molecule has 3 rings (SSSR count). The molecule has 0 fully saturated rings. The lowest BCUT2D eigenvalue weighted by Gasteiger charge is -2.17. The molecule has 0 aliphatic heterocycles. The maximum absolute atomic E-state index is 12.1. The number of nitrogen functional groups attached to an aromatic ring is 1. The molecular weight excluding hydrogens is 841 g/mol. The Kier molecular flexibility index (Phi) is 23.3. The third kappa shape index (κ3) is 19.5. The summed E-state index contributed by atoms with van der Waals surface area (Å²) >= 11 is 2.14. The van der Waals surface area contributed by atoms with E-state index in [0.717, 1.165) is 14.7 Å². The fourth-order valence-electron chi connectivity index (χ4n) is 3.97. The second-order valence-corrected chi connectivity index (χ2v) is 12.8. The summed E-state index contributed by atoms with van der Waals surface area (Å²) in [6.45, 7) is 3.23. The minimum absolute atomic E-state index is 0.0838. The molecule has 18 nitrogen and oxygen atoms in total. The van der Waals surface area contributed by atoms with Gasteiger partial charge in [-0.1, -0.05) is 11.8 Å². The van der Waals surface area contributed by atoms with Gasteiger partial charge in [0, 0.05) is 51.1 Å². The van der Waals surface area contributed by atoms with Crippen LogP contribution < -0.4 is 43.8 Å². The molecule has 3 aromatic carbocycles. The molecule has 0 aliphatic rings. The van der Waals surface area contributed by atoms with E-state index < -0.39 is 56.0 Å². The first-order valence-corrected chi connectivity index (χ1v) is 17.9. The number of ether oxygens (including phenoxy) is 2. The maximum Gasteiger partial charge on any atom is 0.373 e. The van der Waals surface area contributed by atoms with Crippen molar-refractivity contribution in [1.29, 1.82) is 0 Å². The van der Waals surface area contributed by atoms with E-state index in [0.29, 0.717) is 16.8 Å². The number of nitrogens with one attached hydrogen (secondary N) is 5. The molecule has 300 valence electrons. The standard InChI is InChI=1S/C18H18N4O3.C12H16BIN2O4.C5H13BN2O3/c19-11-16(18(24)22-25)21-17(23)14-7-3-12(4-8-14)1-2-13-5-9-15(20)10-6-13;1-13(19)15-7-10(12(18)20-2)16-11(17)8-3-5-9(14)6-4-8;1-6(10)8-3-4(7)5(9)11-2/h3-10,16,25H,11,19-20H2,(H,21,23)(H,22,24);3-6,10,15,19H,7H2,1-2H3,(H,16,17);4,8,10H,3,7H2,1-2H3/t16-;10-;4-/m000/s1. The Bertz CT molecular complexity index is 1760. The molecule has 0 aromatic heterocycles. The van der Waals surface area contributed by atoms with Crippen molar-refractivity contribution in [2.24, 2.45) is 11.5 Å². The largest absolute Gasteiger partial charge is 0.468 e. The van der Waals surface area contributed by atoms with Gasteiger partial charge in [0.05, 0.1) is 14.2 Å². The number of halogens is 1. The third-order valence-corrected chi connectivity index (χ3v) is 7.75. The number of hydrogen-bond donors (Lipinski definition) is 11. The quantitative estimate of drug-likeness (QED) is 0.0170. The van der Waals surface area contributed by atoms with Crippen LogP contribution in [0.5, 0.6) is 0 Å². The number of rotatable bonds is 14. The van der Waals surface area contributed by atoms with Crippen molar-refractivity contribution in [2.45, 2.75) is 31.8 Å². The van der Waals surface area contributed by atoms with E-state index >= 15 is 0 Å². The number of methoxy groups -OCH3 is 2. The van der Waals surface area contributed by atoms with Crippen molar-refractivity contribution in [2.75, 3.05) is 39.6 Å². The van der Waals surface area contributed by atoms with Crippen molar-refractivity contribution in [3.05, 3.63) is 98.6 Å². The van der Waals surface area contributed by atoms with Gasteiger partial charge in [-0.2, -0.15) is 0 Å². The van der Waals surface area contributed by atoms with Gasteiger partial charge in [0.25, 0.3) is 17.7 Å². The van der Waals surface area contributed by atoms with E-state index in [-0.39, 0.29) is 25.5 Å². The van der Waals surface area contributed by atoms with Crippen LogP contribution >= 0.6 is 22.6 Å². The van der Waals surface area contributed by atoms with E-state index in [1.54, 1.807) is 67.5 Å². The number of amides is 3. The van der Waals surface area contributed by atoms with Crippen LogP contribution in [0.25, 0.3) is 0 Å². The molecule has 0 spiro atoms. The predicted octanol–water partition coefficient (Wildman–Crippen LogP) is -1.32. The summed E-state index contributed by atoms with van der Waals surface area (Å²) in [6, 6.07) is 18.1. The number of nitrogens with two attached hydrogens (primary N) is 3. The summed E-state index contributed by atoms with van der Waals surface area (Å²) in [5.74, 6) is 3.30. The topological polar surface area (TPSA) is 303 Å². The lowest BCUT2D eigenvalue weighted by molar-refractivity contribution is -0.143. The first-order chi connectivity index (χ1) is 26.5. The van der Waals surface area contributed by atoms with Crippen LogP contribution in [0.2, 0.25) is 13.6 Å². The Morgan fingerprint density at radius 1 is 0.732 bits per heavy atom. The number of carbonyl (C=O) groups is 5. The predicted molar refractivity (Wildman–Crippen MR) is 220 cm³/mol. The summed E-state index contributed by atoms with van der Waals surface area (Å²) < 4.78 is 10.00. The van der Waals surface area contributed by atoms with Crippen molar-refractivity contribution in [1.82, 2.24) is 26.6 Å². The number of hydroxylamine groups is 1. The molecule has 0 saturated carbocycles. The van der Waals surface area contributed by atoms with Crippen LogP contribution in [0.1, 0.15) is 31.8 Å². The molecule has 0 bridgehead atoms. The minimum atomic E-state index is -1.01. The number of benzene rings is 3. The van der Waals surface area contributed by atoms with Gasteiger partial charge in [-0.05, 0) is 109 Å². The highest BCUT2D eigenvalue weighted by Gasteiger charge is 2.23. The molecule has 21 heteroatoms. The molecule has 0 heterocycles. The lowest BCUT2D eigenvalue weighted by atomic mass is 9.88. The molecule has 0 saturated heterocycles. The molecule has 0 aliphatic carbocycles. The first-order valence-electron chi connectivity index (χ1n) is 16.8. The summed E-state index contributed by atoms with van der Waals surface area (Å²) in [7, 11) is 1.07.